The summed E-state index contributed by atoms with van der Waals surface area (Å²) in [5.41, 5.74) is 2.58. The van der Waals surface area contributed by atoms with Crippen LogP contribution < -0.4 is 4.74 Å². The minimum absolute atomic E-state index is 0.0491. The predicted octanol–water partition coefficient (Wildman–Crippen LogP) is 2.38. The predicted molar refractivity (Wildman–Crippen MR) is 97.5 cm³/mol. The van der Waals surface area contributed by atoms with Crippen molar-refractivity contribution in [3.63, 3.8) is 0 Å². The molecule has 0 aromatic heterocycles. The van der Waals surface area contributed by atoms with Gasteiger partial charge in [0.25, 0.3) is 0 Å². The van der Waals surface area contributed by atoms with Crippen molar-refractivity contribution < 1.29 is 23.1 Å². The van der Waals surface area contributed by atoms with E-state index in [1.807, 2.05) is 0 Å². The first-order chi connectivity index (χ1) is 11.7. The van der Waals surface area contributed by atoms with Crippen LogP contribution in [0.4, 0.5) is 0 Å². The molecule has 1 aliphatic rings. The summed E-state index contributed by atoms with van der Waals surface area (Å²) in [4.78, 5) is 11.8. The van der Waals surface area contributed by atoms with E-state index in [0.29, 0.717) is 11.5 Å². The van der Waals surface area contributed by atoms with Gasteiger partial charge >= 0.3 is 5.97 Å². The molecule has 1 N–H and O–H groups in total. The molecule has 0 bridgehead atoms. The Morgan fingerprint density at radius 1 is 1.48 bits per heavy atom. The summed E-state index contributed by atoms with van der Waals surface area (Å²) in [6.07, 6.45) is 1.61. The second-order valence-corrected chi connectivity index (χ2v) is 9.64. The summed E-state index contributed by atoms with van der Waals surface area (Å²) in [6, 6.07) is 4.82. The van der Waals surface area contributed by atoms with E-state index >= 15 is 0 Å². The van der Waals surface area contributed by atoms with E-state index in [0.717, 1.165) is 4.31 Å². The fourth-order valence-electron chi connectivity index (χ4n) is 2.67. The van der Waals surface area contributed by atoms with E-state index in [4.69, 9.17) is 4.74 Å². The van der Waals surface area contributed by atoms with Crippen molar-refractivity contribution in [1.82, 2.24) is 4.31 Å². The molecule has 0 radical (unpaired) electrons. The summed E-state index contributed by atoms with van der Waals surface area (Å²) in [5, 5.41) is 9.57. The number of carboxylic acids is 1. The largest absolute Gasteiger partial charge is 0.489 e. The van der Waals surface area contributed by atoms with Gasteiger partial charge in [0.2, 0.25) is 10.0 Å². The zero-order chi connectivity index (χ0) is 18.7. The van der Waals surface area contributed by atoms with Crippen LogP contribution in [0.5, 0.6) is 5.75 Å². The molecule has 1 aromatic rings. The van der Waals surface area contributed by atoms with Crippen molar-refractivity contribution in [2.45, 2.75) is 29.5 Å². The van der Waals surface area contributed by atoms with Gasteiger partial charge in [-0.25, -0.2) is 8.42 Å². The number of benzene rings is 1. The molecule has 0 aliphatic carbocycles. The molecule has 0 amide bonds. The van der Waals surface area contributed by atoms with Gasteiger partial charge in [-0.15, -0.1) is 5.73 Å². The molecule has 6 nitrogen and oxygen atoms in total. The molecule has 1 heterocycles. The number of ether oxygens (including phenoxy) is 1. The Bertz CT molecular complexity index is 780. The van der Waals surface area contributed by atoms with Crippen molar-refractivity contribution >= 4 is 27.8 Å². The van der Waals surface area contributed by atoms with Crippen LogP contribution in [0.15, 0.2) is 47.5 Å². The molecule has 8 heteroatoms. The lowest BCUT2D eigenvalue weighted by molar-refractivity contribution is -0.142. The van der Waals surface area contributed by atoms with Gasteiger partial charge in [-0.1, -0.05) is 6.58 Å². The van der Waals surface area contributed by atoms with Crippen molar-refractivity contribution in [2.24, 2.45) is 0 Å². The highest BCUT2D eigenvalue weighted by molar-refractivity contribution is 8.00. The number of carbonyl (C=O) groups is 1. The lowest BCUT2D eigenvalue weighted by Gasteiger charge is -2.42. The van der Waals surface area contributed by atoms with E-state index in [1.165, 1.54) is 23.9 Å². The topological polar surface area (TPSA) is 83.9 Å². The number of hydrogen-bond acceptors (Lipinski definition) is 5. The van der Waals surface area contributed by atoms with Crippen LogP contribution >= 0.6 is 11.8 Å². The van der Waals surface area contributed by atoms with Crippen LogP contribution in [0.3, 0.4) is 0 Å². The highest BCUT2D eigenvalue weighted by Crippen LogP contribution is 2.38. The van der Waals surface area contributed by atoms with Crippen LogP contribution in [0, 0.1) is 0 Å². The molecule has 1 atom stereocenters. The summed E-state index contributed by atoms with van der Waals surface area (Å²) < 4.78 is 31.7. The third-order valence-electron chi connectivity index (χ3n) is 3.87. The third-order valence-corrected chi connectivity index (χ3v) is 7.11. The number of sulfonamides is 1. The van der Waals surface area contributed by atoms with Crippen LogP contribution in [0.25, 0.3) is 0 Å². The summed E-state index contributed by atoms with van der Waals surface area (Å²) >= 11 is 1.46. The summed E-state index contributed by atoms with van der Waals surface area (Å²) in [7, 11) is -3.92. The average Bonchev–Trinajstić information content (AvgIpc) is 2.54. The molecule has 25 heavy (non-hydrogen) atoms. The number of carboxylic acid groups (broad SMARTS) is 1. The van der Waals surface area contributed by atoms with Crippen molar-refractivity contribution in [2.75, 3.05) is 18.9 Å². The Labute approximate surface area is 152 Å². The maximum atomic E-state index is 12.9. The van der Waals surface area contributed by atoms with Crippen molar-refractivity contribution in [3.05, 3.63) is 42.7 Å². The Balaban J connectivity index is 2.30. The van der Waals surface area contributed by atoms with Gasteiger partial charge in [0.05, 0.1) is 4.90 Å². The molecule has 1 unspecified atom stereocenters. The molecule has 2 rings (SSSR count). The van der Waals surface area contributed by atoms with Gasteiger partial charge in [-0.3, -0.25) is 4.79 Å². The first kappa shape index (κ1) is 19.6. The first-order valence-electron chi connectivity index (χ1n) is 7.66. The van der Waals surface area contributed by atoms with Gasteiger partial charge in [-0.2, -0.15) is 16.1 Å². The summed E-state index contributed by atoms with van der Waals surface area (Å²) in [6.45, 7) is 7.38. The monoisotopic (exact) mass is 383 g/mol. The van der Waals surface area contributed by atoms with Crippen molar-refractivity contribution in [1.29, 1.82) is 0 Å². The van der Waals surface area contributed by atoms with Crippen LogP contribution in [-0.4, -0.2) is 53.5 Å². The Morgan fingerprint density at radius 3 is 2.68 bits per heavy atom. The molecule has 1 aliphatic heterocycles. The van der Waals surface area contributed by atoms with Crippen LogP contribution in [-0.2, 0) is 14.8 Å². The van der Waals surface area contributed by atoms with E-state index in [2.05, 4.69) is 12.3 Å². The SMILES string of the molecule is C=C=CCOc1ccc(S(=O)(=O)N2CCSC(C)(C)C2C(=O)O)cc1. The van der Waals surface area contributed by atoms with Crippen molar-refractivity contribution in [3.8, 4) is 5.75 Å². The minimum atomic E-state index is -3.92. The number of thioether (sulfide) groups is 1. The van der Waals surface area contributed by atoms with E-state index in [1.54, 1.807) is 32.1 Å². The molecule has 1 saturated heterocycles. The Hall–Kier alpha value is -1.73. The van der Waals surface area contributed by atoms with Crippen LogP contribution in [0.1, 0.15) is 13.8 Å². The second-order valence-electron chi connectivity index (χ2n) is 6.00. The normalized spacial score (nSPS) is 20.5. The summed E-state index contributed by atoms with van der Waals surface area (Å²) in [5.74, 6) is -0.0860. The Morgan fingerprint density at radius 2 is 2.12 bits per heavy atom. The molecule has 1 fully saturated rings. The van der Waals surface area contributed by atoms with Gasteiger partial charge in [0.15, 0.2) is 0 Å². The minimum Gasteiger partial charge on any atom is -0.489 e. The zero-order valence-corrected chi connectivity index (χ0v) is 15.8. The van der Waals surface area contributed by atoms with Gasteiger partial charge in [-0.05, 0) is 44.2 Å². The number of nitrogens with zero attached hydrogens (tertiary/aromatic N) is 1. The van der Waals surface area contributed by atoms with Gasteiger partial charge in [0, 0.05) is 17.0 Å². The highest BCUT2D eigenvalue weighted by atomic mass is 32.2. The smallest absolute Gasteiger partial charge is 0.323 e. The van der Waals surface area contributed by atoms with Gasteiger partial charge in [0.1, 0.15) is 18.4 Å². The number of rotatable bonds is 6. The molecule has 0 spiro atoms. The fraction of sp³-hybridized carbons (Fsp3) is 0.412. The average molecular weight is 383 g/mol. The maximum Gasteiger partial charge on any atom is 0.323 e. The number of hydrogen-bond donors (Lipinski definition) is 1. The van der Waals surface area contributed by atoms with Crippen LogP contribution in [0.2, 0.25) is 0 Å². The molecule has 1 aromatic carbocycles. The second kappa shape index (κ2) is 7.66. The molecular formula is C17H21NO5S2. The molecule has 0 saturated carbocycles. The quantitative estimate of drug-likeness (QED) is 0.760. The lowest BCUT2D eigenvalue weighted by atomic mass is 10.0. The number of aliphatic carboxylic acids is 1. The highest BCUT2D eigenvalue weighted by Gasteiger charge is 2.48. The first-order valence-corrected chi connectivity index (χ1v) is 10.1. The molecule has 136 valence electrons. The van der Waals surface area contributed by atoms with Gasteiger partial charge < -0.3 is 9.84 Å². The van der Waals surface area contributed by atoms with E-state index < -0.39 is 26.8 Å². The Kier molecular flexibility index (Phi) is 6.00. The zero-order valence-electron chi connectivity index (χ0n) is 14.1. The fourth-order valence-corrected chi connectivity index (χ4v) is 5.77. The molecular weight excluding hydrogens is 362 g/mol. The maximum absolute atomic E-state index is 12.9. The standard InChI is InChI=1S/C17H21NO5S2/c1-4-5-11-23-13-6-8-14(9-7-13)25(21,22)18-10-12-24-17(2,3)15(18)16(19)20/h5-9,15H,1,10-12H2,2-3H3,(H,19,20). The van der Waals surface area contributed by atoms with E-state index in [9.17, 15) is 18.3 Å². The third kappa shape index (κ3) is 4.27. The van der Waals surface area contributed by atoms with E-state index in [-0.39, 0.29) is 18.0 Å². The lowest BCUT2D eigenvalue weighted by Crippen LogP contribution is -2.58.